The van der Waals surface area contributed by atoms with Gasteiger partial charge in [-0.1, -0.05) is 0 Å². The molecule has 0 bridgehead atoms. The van der Waals surface area contributed by atoms with E-state index in [1.165, 1.54) is 0 Å². The van der Waals surface area contributed by atoms with E-state index >= 15 is 0 Å². The smallest absolute Gasteiger partial charge is 0.388 e. The Balaban J connectivity index is 4.23. The van der Waals surface area contributed by atoms with Crippen molar-refractivity contribution in [2.24, 2.45) is 0 Å². The molecule has 0 unspecified atom stereocenters. The van der Waals surface area contributed by atoms with Crippen molar-refractivity contribution in [3.8, 4) is 0 Å². The zero-order valence-corrected chi connectivity index (χ0v) is 8.83. The number of halogens is 1. The largest absolute Gasteiger partial charge is 0.469 e. The van der Waals surface area contributed by atoms with E-state index < -0.39 is 45.2 Å². The Bertz CT molecular complexity index is 278. The number of aliphatic hydroxyl groups excluding tert-OH is 3. The van der Waals surface area contributed by atoms with Crippen molar-refractivity contribution in [2.45, 2.75) is 18.4 Å². The van der Waals surface area contributed by atoms with E-state index in [1.807, 2.05) is 0 Å². The summed E-state index contributed by atoms with van der Waals surface area (Å²) in [5.74, 6) is -1.36. The number of hydrogen-bond acceptors (Lipinski definition) is 6. The summed E-state index contributed by atoms with van der Waals surface area (Å²) in [5.41, 5.74) is 0. The highest BCUT2D eigenvalue weighted by molar-refractivity contribution is 7.46. The maximum Gasteiger partial charge on any atom is 0.469 e. The van der Waals surface area contributed by atoms with Crippen LogP contribution in [0.4, 0.5) is 4.39 Å². The van der Waals surface area contributed by atoms with Gasteiger partial charge in [-0.05, 0) is 0 Å². The fourth-order valence-corrected chi connectivity index (χ4v) is 1.09. The molecule has 16 heavy (non-hydrogen) atoms. The minimum atomic E-state index is -4.85. The predicted octanol–water partition coefficient (Wildman–Crippen LogP) is -2.28. The summed E-state index contributed by atoms with van der Waals surface area (Å²) in [6.07, 6.45) is -6.79. The molecule has 0 radical (unpaired) electrons. The lowest BCUT2D eigenvalue weighted by Crippen LogP contribution is -2.42. The van der Waals surface area contributed by atoms with E-state index in [1.54, 1.807) is 0 Å². The van der Waals surface area contributed by atoms with Gasteiger partial charge in [0.15, 0.2) is 12.0 Å². The molecule has 0 rings (SSSR count). The van der Waals surface area contributed by atoms with Gasteiger partial charge in [0.2, 0.25) is 0 Å². The summed E-state index contributed by atoms with van der Waals surface area (Å²) in [5, 5.41) is 26.3. The van der Waals surface area contributed by atoms with E-state index in [9.17, 15) is 13.8 Å². The zero-order chi connectivity index (χ0) is 12.9. The number of rotatable bonds is 7. The maximum atomic E-state index is 12.9. The number of hydrogen-bond donors (Lipinski definition) is 5. The number of alkyl halides is 1. The first-order chi connectivity index (χ1) is 7.19. The number of phosphoric acid groups is 1. The second-order valence-electron chi connectivity index (χ2n) is 2.87. The molecule has 0 spiro atoms. The summed E-state index contributed by atoms with van der Waals surface area (Å²) in [7, 11) is -4.85. The molecule has 0 saturated heterocycles. The van der Waals surface area contributed by atoms with E-state index in [2.05, 4.69) is 4.52 Å². The van der Waals surface area contributed by atoms with Gasteiger partial charge in [-0.2, -0.15) is 0 Å². The van der Waals surface area contributed by atoms with Gasteiger partial charge in [0.25, 0.3) is 0 Å². The maximum absolute atomic E-state index is 12.9. The molecule has 3 atom stereocenters. The first-order valence-electron chi connectivity index (χ1n) is 4.03. The van der Waals surface area contributed by atoms with Crippen molar-refractivity contribution in [1.82, 2.24) is 0 Å². The van der Waals surface area contributed by atoms with Crippen LogP contribution in [0.2, 0.25) is 0 Å². The zero-order valence-electron chi connectivity index (χ0n) is 7.93. The molecular formula is C6H12FO8P. The second-order valence-corrected chi connectivity index (χ2v) is 4.11. The Labute approximate surface area is 89.5 Å². The SMILES string of the molecule is O=C(CO)[C@@H](F)[C@H](O)[C@H](O)COP(=O)(O)O. The highest BCUT2D eigenvalue weighted by Gasteiger charge is 2.32. The van der Waals surface area contributed by atoms with Crippen molar-refractivity contribution in [1.29, 1.82) is 0 Å². The van der Waals surface area contributed by atoms with E-state index in [-0.39, 0.29) is 0 Å². The molecule has 5 N–H and O–H groups in total. The van der Waals surface area contributed by atoms with Gasteiger partial charge in [0.05, 0.1) is 6.61 Å². The molecule has 0 aliphatic heterocycles. The van der Waals surface area contributed by atoms with Crippen molar-refractivity contribution >= 4 is 13.6 Å². The van der Waals surface area contributed by atoms with Gasteiger partial charge >= 0.3 is 7.82 Å². The fourth-order valence-electron chi connectivity index (χ4n) is 0.745. The van der Waals surface area contributed by atoms with Gasteiger partial charge in [0, 0.05) is 0 Å². The topological polar surface area (TPSA) is 145 Å². The lowest BCUT2D eigenvalue weighted by Gasteiger charge is -2.19. The highest BCUT2D eigenvalue weighted by Crippen LogP contribution is 2.35. The third-order valence-corrected chi connectivity index (χ3v) is 2.06. The summed E-state index contributed by atoms with van der Waals surface area (Å²) in [4.78, 5) is 27.0. The standard InChI is InChI=1S/C6H12FO8P/c7-5(3(9)1-8)6(11)4(10)2-15-16(12,13)14/h4-6,8,10-11H,1-2H2,(H2,12,13,14)/t4-,5-,6-/m1/s1. The molecule has 0 aliphatic carbocycles. The third-order valence-electron chi connectivity index (χ3n) is 1.57. The van der Waals surface area contributed by atoms with E-state index in [4.69, 9.17) is 25.1 Å². The lowest BCUT2D eigenvalue weighted by atomic mass is 10.1. The fraction of sp³-hybridized carbons (Fsp3) is 0.833. The van der Waals surface area contributed by atoms with Crippen LogP contribution in [0.15, 0.2) is 0 Å². The van der Waals surface area contributed by atoms with Crippen LogP contribution in [0.3, 0.4) is 0 Å². The summed E-state index contributed by atoms with van der Waals surface area (Å²) in [6.45, 7) is -2.21. The first-order valence-corrected chi connectivity index (χ1v) is 5.56. The van der Waals surface area contributed by atoms with E-state index in [0.717, 1.165) is 0 Å². The summed E-state index contributed by atoms with van der Waals surface area (Å²) >= 11 is 0. The second kappa shape index (κ2) is 6.36. The van der Waals surface area contributed by atoms with Crippen molar-refractivity contribution in [3.63, 3.8) is 0 Å². The molecule has 0 amide bonds. The monoisotopic (exact) mass is 262 g/mol. The van der Waals surface area contributed by atoms with Crippen LogP contribution in [-0.4, -0.2) is 62.5 Å². The number of phosphoric ester groups is 1. The molecule has 0 fully saturated rings. The first kappa shape index (κ1) is 15.6. The molecule has 0 aromatic rings. The average Bonchev–Trinajstić information content (AvgIpc) is 2.21. The van der Waals surface area contributed by atoms with E-state index in [0.29, 0.717) is 0 Å². The molecule has 0 heterocycles. The van der Waals surface area contributed by atoms with Crippen molar-refractivity contribution in [3.05, 3.63) is 0 Å². The number of carbonyl (C=O) groups excluding carboxylic acids is 1. The number of ketones is 1. The van der Waals surface area contributed by atoms with Gasteiger partial charge < -0.3 is 25.1 Å². The molecule has 96 valence electrons. The number of aliphatic hydroxyl groups is 3. The molecular weight excluding hydrogens is 250 g/mol. The Morgan fingerprint density at radius 2 is 1.88 bits per heavy atom. The molecule has 0 aromatic carbocycles. The van der Waals surface area contributed by atoms with Gasteiger partial charge in [-0.3, -0.25) is 9.32 Å². The van der Waals surface area contributed by atoms with Crippen molar-refractivity contribution in [2.75, 3.05) is 13.2 Å². The van der Waals surface area contributed by atoms with Crippen LogP contribution in [0.1, 0.15) is 0 Å². The number of Topliss-reactive ketones (excluding diaryl/α,β-unsaturated/α-hetero) is 1. The Hall–Kier alpha value is -0.410. The molecule has 0 aromatic heterocycles. The molecule has 0 aliphatic rings. The minimum absolute atomic E-state index is 1.05. The van der Waals surface area contributed by atoms with Gasteiger partial charge in [-0.15, -0.1) is 0 Å². The van der Waals surface area contributed by atoms with Crippen LogP contribution < -0.4 is 0 Å². The summed E-state index contributed by atoms with van der Waals surface area (Å²) in [6, 6.07) is 0. The lowest BCUT2D eigenvalue weighted by molar-refractivity contribution is -0.135. The number of carbonyl (C=O) groups is 1. The molecule has 0 saturated carbocycles. The molecule has 10 heteroatoms. The van der Waals surface area contributed by atoms with Crippen LogP contribution >= 0.6 is 7.82 Å². The highest BCUT2D eigenvalue weighted by atomic mass is 31.2. The third kappa shape index (κ3) is 5.61. The van der Waals surface area contributed by atoms with Crippen molar-refractivity contribution < 1.29 is 43.4 Å². The van der Waals surface area contributed by atoms with Crippen LogP contribution in [0.5, 0.6) is 0 Å². The Morgan fingerprint density at radius 3 is 2.25 bits per heavy atom. The summed E-state index contributed by atoms with van der Waals surface area (Å²) < 4.78 is 26.9. The minimum Gasteiger partial charge on any atom is -0.388 e. The Morgan fingerprint density at radius 1 is 1.38 bits per heavy atom. The van der Waals surface area contributed by atoms with Crippen LogP contribution in [-0.2, 0) is 13.9 Å². The Kier molecular flexibility index (Phi) is 6.19. The van der Waals surface area contributed by atoms with Crippen LogP contribution in [0, 0.1) is 0 Å². The normalized spacial score (nSPS) is 17.9. The molecule has 8 nitrogen and oxygen atoms in total. The average molecular weight is 262 g/mol. The van der Waals surface area contributed by atoms with Gasteiger partial charge in [0.1, 0.15) is 18.8 Å². The van der Waals surface area contributed by atoms with Crippen LogP contribution in [0.25, 0.3) is 0 Å². The van der Waals surface area contributed by atoms with Gasteiger partial charge in [-0.25, -0.2) is 8.96 Å². The quantitative estimate of drug-likeness (QED) is 0.322. The predicted molar refractivity (Wildman–Crippen MR) is 47.0 cm³/mol.